The minimum atomic E-state index is -0.290. The first kappa shape index (κ1) is 15.2. The molecule has 0 aliphatic carbocycles. The maximum atomic E-state index is 12.1. The summed E-state index contributed by atoms with van der Waals surface area (Å²) < 4.78 is 0. The molecule has 0 bridgehead atoms. The molecule has 2 N–H and O–H groups in total. The number of hydrogen-bond acceptors (Lipinski definition) is 4. The number of hydrogen-bond donors (Lipinski definition) is 1. The van der Waals surface area contributed by atoms with Crippen LogP contribution in [0.1, 0.15) is 25.7 Å². The topological polar surface area (TPSA) is 90.4 Å². The Morgan fingerprint density at radius 2 is 2.05 bits per heavy atom. The minimum Gasteiger partial charge on any atom is -0.338 e. The summed E-state index contributed by atoms with van der Waals surface area (Å²) in [5.74, 6) is -0.290. The number of nitrogens with zero attached hydrogens (tertiary/aromatic N) is 3. The molecular weight excluding hydrogens is 244 g/mol. The molecule has 1 aliphatic heterocycles. The fourth-order valence-corrected chi connectivity index (χ4v) is 1.99. The number of carbonyl (C=O) groups is 2. The van der Waals surface area contributed by atoms with E-state index >= 15 is 0 Å². The predicted octanol–water partition coefficient (Wildman–Crippen LogP) is 0.214. The molecule has 1 fully saturated rings. The van der Waals surface area contributed by atoms with E-state index in [4.69, 9.17) is 11.0 Å². The van der Waals surface area contributed by atoms with Gasteiger partial charge in [-0.25, -0.2) is 0 Å². The third-order valence-electron chi connectivity index (χ3n) is 3.04. The standard InChI is InChI=1S/C13H20N4O2/c14-5-4-6-16(11-18)10-12(9-15)13(19)17-7-2-1-3-8-17/h10-11H,1-8,14H2/b12-10-. The second-order valence-electron chi connectivity index (χ2n) is 4.49. The maximum absolute atomic E-state index is 12.1. The number of likely N-dealkylation sites (tertiary alicyclic amines) is 1. The molecule has 0 radical (unpaired) electrons. The van der Waals surface area contributed by atoms with Gasteiger partial charge in [0.15, 0.2) is 0 Å². The Bertz CT molecular complexity index is 381. The van der Waals surface area contributed by atoms with Crippen LogP contribution in [0.5, 0.6) is 0 Å². The fraction of sp³-hybridized carbons (Fsp3) is 0.615. The van der Waals surface area contributed by atoms with Gasteiger partial charge in [0, 0.05) is 25.8 Å². The molecule has 0 aromatic rings. The zero-order chi connectivity index (χ0) is 14.1. The molecule has 0 unspecified atom stereocenters. The van der Waals surface area contributed by atoms with E-state index in [2.05, 4.69) is 0 Å². The third-order valence-corrected chi connectivity index (χ3v) is 3.04. The fourth-order valence-electron chi connectivity index (χ4n) is 1.99. The second-order valence-corrected chi connectivity index (χ2v) is 4.49. The highest BCUT2D eigenvalue weighted by atomic mass is 16.2. The predicted molar refractivity (Wildman–Crippen MR) is 70.6 cm³/mol. The summed E-state index contributed by atoms with van der Waals surface area (Å²) in [4.78, 5) is 26.0. The van der Waals surface area contributed by atoms with Gasteiger partial charge < -0.3 is 15.5 Å². The first-order valence-corrected chi connectivity index (χ1v) is 6.55. The van der Waals surface area contributed by atoms with Crippen molar-refractivity contribution >= 4 is 12.3 Å². The van der Waals surface area contributed by atoms with E-state index in [1.807, 2.05) is 6.07 Å². The van der Waals surface area contributed by atoms with E-state index in [-0.39, 0.29) is 11.5 Å². The lowest BCUT2D eigenvalue weighted by Gasteiger charge is -2.26. The zero-order valence-electron chi connectivity index (χ0n) is 11.0. The van der Waals surface area contributed by atoms with Crippen molar-refractivity contribution in [3.8, 4) is 6.07 Å². The number of piperidine rings is 1. The number of rotatable bonds is 6. The Morgan fingerprint density at radius 1 is 1.37 bits per heavy atom. The molecule has 1 aliphatic rings. The average molecular weight is 264 g/mol. The molecule has 0 spiro atoms. The maximum Gasteiger partial charge on any atom is 0.266 e. The molecule has 1 heterocycles. The van der Waals surface area contributed by atoms with Gasteiger partial charge in [-0.2, -0.15) is 5.26 Å². The van der Waals surface area contributed by atoms with Crippen LogP contribution in [-0.2, 0) is 9.59 Å². The van der Waals surface area contributed by atoms with Gasteiger partial charge in [-0.15, -0.1) is 0 Å². The average Bonchev–Trinajstić information content (AvgIpc) is 2.48. The Hall–Kier alpha value is -1.87. The van der Waals surface area contributed by atoms with Crippen molar-refractivity contribution in [1.29, 1.82) is 5.26 Å². The smallest absolute Gasteiger partial charge is 0.266 e. The normalized spacial score (nSPS) is 15.8. The van der Waals surface area contributed by atoms with Gasteiger partial charge in [-0.3, -0.25) is 9.59 Å². The van der Waals surface area contributed by atoms with Crippen LogP contribution in [-0.4, -0.2) is 48.3 Å². The summed E-state index contributed by atoms with van der Waals surface area (Å²) >= 11 is 0. The van der Waals surface area contributed by atoms with Crippen LogP contribution in [0.15, 0.2) is 11.8 Å². The van der Waals surface area contributed by atoms with Crippen LogP contribution < -0.4 is 5.73 Å². The van der Waals surface area contributed by atoms with Crippen LogP contribution in [0, 0.1) is 11.3 Å². The van der Waals surface area contributed by atoms with Crippen molar-refractivity contribution < 1.29 is 9.59 Å². The van der Waals surface area contributed by atoms with Crippen molar-refractivity contribution in [2.24, 2.45) is 5.73 Å². The lowest BCUT2D eigenvalue weighted by molar-refractivity contribution is -0.127. The molecule has 1 rings (SSSR count). The number of nitriles is 1. The quantitative estimate of drug-likeness (QED) is 0.422. The zero-order valence-corrected chi connectivity index (χ0v) is 11.0. The minimum absolute atomic E-state index is 0.00558. The molecule has 1 saturated heterocycles. The number of nitrogens with two attached hydrogens (primary N) is 1. The van der Waals surface area contributed by atoms with Crippen molar-refractivity contribution in [3.05, 3.63) is 11.8 Å². The van der Waals surface area contributed by atoms with E-state index in [9.17, 15) is 9.59 Å². The second kappa shape index (κ2) is 8.27. The van der Waals surface area contributed by atoms with Gasteiger partial charge in [0.05, 0.1) is 0 Å². The van der Waals surface area contributed by atoms with Crippen molar-refractivity contribution in [1.82, 2.24) is 9.80 Å². The molecule has 6 heteroatoms. The van der Waals surface area contributed by atoms with Gasteiger partial charge in [-0.1, -0.05) is 0 Å². The van der Waals surface area contributed by atoms with E-state index in [1.165, 1.54) is 11.1 Å². The van der Waals surface area contributed by atoms with Gasteiger partial charge in [-0.05, 0) is 32.2 Å². The Labute approximate surface area is 113 Å². The van der Waals surface area contributed by atoms with Crippen LogP contribution in [0.2, 0.25) is 0 Å². The van der Waals surface area contributed by atoms with E-state index in [1.54, 1.807) is 4.90 Å². The number of amides is 2. The Kier molecular flexibility index (Phi) is 6.61. The van der Waals surface area contributed by atoms with Gasteiger partial charge in [0.1, 0.15) is 11.6 Å². The van der Waals surface area contributed by atoms with Gasteiger partial charge in [0.2, 0.25) is 6.41 Å². The third kappa shape index (κ3) is 4.72. The summed E-state index contributed by atoms with van der Waals surface area (Å²) in [6, 6.07) is 1.88. The lowest BCUT2D eigenvalue weighted by Crippen LogP contribution is -2.37. The summed E-state index contributed by atoms with van der Waals surface area (Å²) in [6.07, 6.45) is 5.61. The van der Waals surface area contributed by atoms with E-state index in [0.29, 0.717) is 39.0 Å². The van der Waals surface area contributed by atoms with Crippen molar-refractivity contribution in [2.75, 3.05) is 26.2 Å². The number of carbonyl (C=O) groups excluding carboxylic acids is 2. The Balaban J connectivity index is 2.71. The van der Waals surface area contributed by atoms with Crippen molar-refractivity contribution in [2.45, 2.75) is 25.7 Å². The highest BCUT2D eigenvalue weighted by Crippen LogP contribution is 2.12. The summed E-state index contributed by atoms with van der Waals surface area (Å²) in [5.41, 5.74) is 5.37. The van der Waals surface area contributed by atoms with Crippen LogP contribution in [0.4, 0.5) is 0 Å². The molecule has 0 saturated carbocycles. The largest absolute Gasteiger partial charge is 0.338 e. The molecule has 0 aromatic heterocycles. The molecule has 2 amide bonds. The lowest BCUT2D eigenvalue weighted by atomic mass is 10.1. The van der Waals surface area contributed by atoms with Crippen LogP contribution in [0.25, 0.3) is 0 Å². The monoisotopic (exact) mass is 264 g/mol. The van der Waals surface area contributed by atoms with Gasteiger partial charge in [0.25, 0.3) is 5.91 Å². The summed E-state index contributed by atoms with van der Waals surface area (Å²) in [7, 11) is 0. The SMILES string of the molecule is N#C/C(=C/N(C=O)CCCN)C(=O)N1CCCCC1. The van der Waals surface area contributed by atoms with E-state index < -0.39 is 0 Å². The first-order chi connectivity index (χ1) is 9.22. The molecular formula is C13H20N4O2. The summed E-state index contributed by atoms with van der Waals surface area (Å²) in [5, 5.41) is 9.06. The first-order valence-electron chi connectivity index (χ1n) is 6.55. The van der Waals surface area contributed by atoms with E-state index in [0.717, 1.165) is 19.3 Å². The summed E-state index contributed by atoms with van der Waals surface area (Å²) in [6.45, 7) is 2.24. The molecule has 19 heavy (non-hydrogen) atoms. The molecule has 0 atom stereocenters. The van der Waals surface area contributed by atoms with Gasteiger partial charge >= 0.3 is 0 Å². The molecule has 6 nitrogen and oxygen atoms in total. The molecule has 0 aromatic carbocycles. The highest BCUT2D eigenvalue weighted by Gasteiger charge is 2.20. The van der Waals surface area contributed by atoms with Crippen molar-refractivity contribution in [3.63, 3.8) is 0 Å². The van der Waals surface area contributed by atoms with Crippen LogP contribution in [0.3, 0.4) is 0 Å². The van der Waals surface area contributed by atoms with Crippen LogP contribution >= 0.6 is 0 Å². The molecule has 104 valence electrons. The highest BCUT2D eigenvalue weighted by molar-refractivity contribution is 5.97. The Morgan fingerprint density at radius 3 is 2.58 bits per heavy atom.